The van der Waals surface area contributed by atoms with Crippen molar-refractivity contribution in [3.05, 3.63) is 57.4 Å². The number of piperidine rings is 1. The third-order valence-corrected chi connectivity index (χ3v) is 8.52. The Balaban J connectivity index is 1.24. The average Bonchev–Trinajstić information content (AvgIpc) is 3.23. The highest BCUT2D eigenvalue weighted by Gasteiger charge is 2.33. The number of aryl methyl sites for hydroxylation is 1. The Bertz CT molecular complexity index is 1040. The summed E-state index contributed by atoms with van der Waals surface area (Å²) in [6, 6.07) is 9.39. The number of rotatable bonds is 6. The fraction of sp³-hybridized carbons (Fsp3) is 0.478. The predicted molar refractivity (Wildman–Crippen MR) is 127 cm³/mol. The molecule has 32 heavy (non-hydrogen) atoms. The molecule has 0 N–H and O–H groups in total. The largest absolute Gasteiger partial charge is 0.340 e. The van der Waals surface area contributed by atoms with E-state index in [9.17, 15) is 13.2 Å². The minimum atomic E-state index is -3.47. The van der Waals surface area contributed by atoms with Gasteiger partial charge in [0.2, 0.25) is 15.9 Å². The van der Waals surface area contributed by atoms with Crippen LogP contribution in [0.1, 0.15) is 29.1 Å². The van der Waals surface area contributed by atoms with Crippen LogP contribution < -0.4 is 0 Å². The molecule has 0 atom stereocenters. The third kappa shape index (κ3) is 5.83. The van der Waals surface area contributed by atoms with E-state index in [1.807, 2.05) is 42.2 Å². The van der Waals surface area contributed by atoms with Gasteiger partial charge in [-0.2, -0.15) is 4.31 Å². The second-order valence-electron chi connectivity index (χ2n) is 8.39. The normalized spacial score (nSPS) is 19.6. The molecule has 1 aromatic heterocycles. The molecule has 2 fully saturated rings. The van der Waals surface area contributed by atoms with E-state index in [2.05, 4.69) is 15.3 Å². The molecule has 0 radical (unpaired) electrons. The predicted octanol–water partition coefficient (Wildman–Crippen LogP) is 2.81. The number of carbonyl (C=O) groups excluding carboxylic acids is 1. The van der Waals surface area contributed by atoms with E-state index in [0.717, 1.165) is 49.0 Å². The van der Waals surface area contributed by atoms with Crippen LogP contribution in [0.15, 0.2) is 41.1 Å². The van der Waals surface area contributed by atoms with Crippen LogP contribution >= 0.6 is 11.3 Å². The van der Waals surface area contributed by atoms with Crippen molar-refractivity contribution >= 4 is 33.3 Å². The third-order valence-electron chi connectivity index (χ3n) is 6.13. The van der Waals surface area contributed by atoms with Crippen molar-refractivity contribution in [3.8, 4) is 0 Å². The Kier molecular flexibility index (Phi) is 7.40. The van der Waals surface area contributed by atoms with Gasteiger partial charge in [0.05, 0.1) is 10.7 Å². The van der Waals surface area contributed by atoms with Crippen LogP contribution in [0.25, 0.3) is 6.08 Å². The van der Waals surface area contributed by atoms with Crippen molar-refractivity contribution in [1.82, 2.24) is 19.1 Å². The summed E-state index contributed by atoms with van der Waals surface area (Å²) < 4.78 is 26.8. The quantitative estimate of drug-likeness (QED) is 0.644. The van der Waals surface area contributed by atoms with E-state index in [1.165, 1.54) is 9.71 Å². The van der Waals surface area contributed by atoms with E-state index in [-0.39, 0.29) is 11.8 Å². The van der Waals surface area contributed by atoms with Crippen LogP contribution in [0.5, 0.6) is 0 Å². The van der Waals surface area contributed by atoms with Gasteiger partial charge in [0.1, 0.15) is 0 Å². The summed E-state index contributed by atoms with van der Waals surface area (Å²) in [4.78, 5) is 21.8. The molecule has 1 aromatic carbocycles. The van der Waals surface area contributed by atoms with Crippen molar-refractivity contribution in [2.24, 2.45) is 5.92 Å². The number of nitrogens with zero attached hydrogens (tertiary/aromatic N) is 4. The molecule has 9 heteroatoms. The fourth-order valence-corrected chi connectivity index (χ4v) is 6.09. The number of piperazine rings is 1. The maximum absolute atomic E-state index is 13.0. The lowest BCUT2D eigenvalue weighted by molar-refractivity contribution is -0.138. The number of carbonyl (C=O) groups is 1. The highest BCUT2D eigenvalue weighted by Crippen LogP contribution is 2.23. The number of thiazole rings is 1. The number of aromatic nitrogens is 1. The SMILES string of the molecule is Cc1nc(CN2CCN(C(=O)C3CCN(S(=O)(=O)/C=C/c4ccccc4)CC3)CC2)cs1. The van der Waals surface area contributed by atoms with Crippen molar-refractivity contribution in [1.29, 1.82) is 0 Å². The van der Waals surface area contributed by atoms with E-state index in [1.54, 1.807) is 17.4 Å². The Morgan fingerprint density at radius 2 is 1.78 bits per heavy atom. The minimum Gasteiger partial charge on any atom is -0.340 e. The van der Waals surface area contributed by atoms with Gasteiger partial charge >= 0.3 is 0 Å². The van der Waals surface area contributed by atoms with Gasteiger partial charge in [-0.1, -0.05) is 30.3 Å². The lowest BCUT2D eigenvalue weighted by Crippen LogP contribution is -2.51. The monoisotopic (exact) mass is 474 g/mol. The highest BCUT2D eigenvalue weighted by atomic mass is 32.2. The smallest absolute Gasteiger partial charge is 0.236 e. The summed E-state index contributed by atoms with van der Waals surface area (Å²) in [5.41, 5.74) is 1.95. The lowest BCUT2D eigenvalue weighted by Gasteiger charge is -2.38. The van der Waals surface area contributed by atoms with E-state index >= 15 is 0 Å². The summed E-state index contributed by atoms with van der Waals surface area (Å²) in [6.07, 6.45) is 2.78. The van der Waals surface area contributed by atoms with Gasteiger partial charge in [-0.15, -0.1) is 11.3 Å². The van der Waals surface area contributed by atoms with Crippen molar-refractivity contribution < 1.29 is 13.2 Å². The molecule has 0 aliphatic carbocycles. The molecule has 2 aliphatic heterocycles. The van der Waals surface area contributed by atoms with E-state index in [0.29, 0.717) is 25.9 Å². The molecule has 2 aromatic rings. The fourth-order valence-electron chi connectivity index (χ4n) is 4.27. The maximum atomic E-state index is 13.0. The van der Waals surface area contributed by atoms with Crippen LogP contribution in [-0.4, -0.2) is 72.7 Å². The standard InChI is InChI=1S/C23H30N4O3S2/c1-19-24-22(18-31-19)17-25-12-14-26(15-13-25)23(28)21-7-10-27(11-8-21)32(29,30)16-9-20-5-3-2-4-6-20/h2-6,9,16,18,21H,7-8,10-15,17H2,1H3/b16-9+. The van der Waals surface area contributed by atoms with Crippen LogP contribution in [0.3, 0.4) is 0 Å². The van der Waals surface area contributed by atoms with Gasteiger partial charge in [-0.05, 0) is 31.4 Å². The number of hydrogen-bond donors (Lipinski definition) is 0. The van der Waals surface area contributed by atoms with Gasteiger partial charge in [-0.3, -0.25) is 9.69 Å². The number of benzene rings is 1. The van der Waals surface area contributed by atoms with Crippen LogP contribution in [-0.2, 0) is 21.4 Å². The summed E-state index contributed by atoms with van der Waals surface area (Å²) in [5, 5.41) is 4.45. The van der Waals surface area contributed by atoms with Gasteiger partial charge < -0.3 is 4.90 Å². The molecule has 0 spiro atoms. The summed E-state index contributed by atoms with van der Waals surface area (Å²) in [7, 11) is -3.47. The molecule has 3 heterocycles. The van der Waals surface area contributed by atoms with Crippen LogP contribution in [0, 0.1) is 12.8 Å². The number of sulfonamides is 1. The number of hydrogen-bond acceptors (Lipinski definition) is 6. The van der Waals surface area contributed by atoms with Crippen LogP contribution in [0.4, 0.5) is 0 Å². The lowest BCUT2D eigenvalue weighted by atomic mass is 9.96. The second-order valence-corrected chi connectivity index (χ2v) is 11.3. The van der Waals surface area contributed by atoms with Gasteiger partial charge in [0.25, 0.3) is 0 Å². The summed E-state index contributed by atoms with van der Waals surface area (Å²) in [5.74, 6) is 0.0818. The first kappa shape index (κ1) is 23.1. The zero-order valence-electron chi connectivity index (χ0n) is 18.4. The Labute approximate surface area is 194 Å². The highest BCUT2D eigenvalue weighted by molar-refractivity contribution is 7.92. The zero-order valence-corrected chi connectivity index (χ0v) is 20.0. The Hall–Kier alpha value is -2.07. The summed E-state index contributed by atoms with van der Waals surface area (Å²) >= 11 is 1.67. The second kappa shape index (κ2) is 10.2. The van der Waals surface area contributed by atoms with Crippen molar-refractivity contribution in [3.63, 3.8) is 0 Å². The molecule has 4 rings (SSSR count). The molecule has 2 aliphatic rings. The molecule has 0 saturated carbocycles. The van der Waals surface area contributed by atoms with Crippen LogP contribution in [0.2, 0.25) is 0 Å². The molecule has 2 saturated heterocycles. The van der Waals surface area contributed by atoms with E-state index < -0.39 is 10.0 Å². The summed E-state index contributed by atoms with van der Waals surface area (Å²) in [6.45, 7) is 6.77. The van der Waals surface area contributed by atoms with Gasteiger partial charge in [0, 0.05) is 62.5 Å². The van der Waals surface area contributed by atoms with Crippen molar-refractivity contribution in [2.75, 3.05) is 39.3 Å². The molecule has 0 bridgehead atoms. The first-order valence-corrected chi connectivity index (χ1v) is 13.4. The number of amides is 1. The average molecular weight is 475 g/mol. The molecular weight excluding hydrogens is 444 g/mol. The zero-order chi connectivity index (χ0) is 22.6. The molecule has 7 nitrogen and oxygen atoms in total. The minimum absolute atomic E-state index is 0.0905. The first-order valence-electron chi connectivity index (χ1n) is 11.1. The Morgan fingerprint density at radius 1 is 1.09 bits per heavy atom. The Morgan fingerprint density at radius 3 is 2.41 bits per heavy atom. The van der Waals surface area contributed by atoms with Gasteiger partial charge in [-0.25, -0.2) is 13.4 Å². The molecule has 172 valence electrons. The molecular formula is C23H30N4O3S2. The van der Waals surface area contributed by atoms with Crippen molar-refractivity contribution in [2.45, 2.75) is 26.3 Å². The maximum Gasteiger partial charge on any atom is 0.236 e. The van der Waals surface area contributed by atoms with Gasteiger partial charge in [0.15, 0.2) is 0 Å². The topological polar surface area (TPSA) is 73.8 Å². The first-order chi connectivity index (χ1) is 15.4. The molecule has 1 amide bonds. The molecule has 0 unspecified atom stereocenters. The van der Waals surface area contributed by atoms with E-state index in [4.69, 9.17) is 0 Å².